The van der Waals surface area contributed by atoms with E-state index in [0.29, 0.717) is 0 Å². The molecule has 0 aromatic carbocycles. The van der Waals surface area contributed by atoms with Crippen molar-refractivity contribution >= 4 is 23.9 Å². The Morgan fingerprint density at radius 1 is 1.50 bits per heavy atom. The van der Waals surface area contributed by atoms with Crippen molar-refractivity contribution in [1.29, 1.82) is 0 Å². The third-order valence-electron chi connectivity index (χ3n) is 0.849. The molecule has 0 aromatic rings. The van der Waals surface area contributed by atoms with Crippen LogP contribution in [0.1, 0.15) is 6.42 Å². The summed E-state index contributed by atoms with van der Waals surface area (Å²) in [4.78, 5) is 30.0. The lowest BCUT2D eigenvalue weighted by atomic mass is 10.3. The lowest BCUT2D eigenvalue weighted by Crippen LogP contribution is -2.21. The molecule has 0 amide bonds. The summed E-state index contributed by atoms with van der Waals surface area (Å²) in [5, 5.41) is 24.7. The summed E-state index contributed by atoms with van der Waals surface area (Å²) in [6, 6.07) is 0. The Balaban J connectivity index is 4.14. The number of nitrogens with zero attached hydrogens (tertiary/aromatic N) is 1. The summed E-state index contributed by atoms with van der Waals surface area (Å²) in [6.07, 6.45) is -0.763. The topological polar surface area (TPSA) is 118 Å². The lowest BCUT2D eigenvalue weighted by molar-refractivity contribution is -0.285. The van der Waals surface area contributed by atoms with Crippen LogP contribution in [0.4, 0.5) is 0 Å². The zero-order valence-corrected chi connectivity index (χ0v) is 6.48. The first-order valence-corrected chi connectivity index (χ1v) is 3.53. The van der Waals surface area contributed by atoms with E-state index in [1.165, 1.54) is 0 Å². The molecule has 8 heteroatoms. The number of hydrogen-bond donors (Lipinski definition) is 2. The smallest absolute Gasteiger partial charge is 0.323 e. The fourth-order valence-corrected chi connectivity index (χ4v) is 0.947. The summed E-state index contributed by atoms with van der Waals surface area (Å²) in [5.74, 6) is -2.88. The molecule has 0 aromatic heterocycles. The van der Waals surface area contributed by atoms with Crippen molar-refractivity contribution in [3.63, 3.8) is 0 Å². The SMILES string of the molecule is O=C(O)CC(S[N+](=O)[O-])C(=O)O. The van der Waals surface area contributed by atoms with Crippen LogP contribution in [-0.4, -0.2) is 31.7 Å². The zero-order valence-electron chi connectivity index (χ0n) is 5.67. The average Bonchev–Trinajstić information content (AvgIpc) is 1.83. The molecule has 0 rings (SSSR count). The number of carboxylic acids is 2. The second-order valence-corrected chi connectivity index (χ2v) is 2.83. The first kappa shape index (κ1) is 10.7. The molecule has 0 spiro atoms. The molecule has 1 atom stereocenters. The monoisotopic (exact) mass is 195 g/mol. The molecule has 7 nitrogen and oxygen atoms in total. The molecule has 0 fully saturated rings. The summed E-state index contributed by atoms with van der Waals surface area (Å²) < 4.78 is -0.929. The van der Waals surface area contributed by atoms with E-state index in [4.69, 9.17) is 10.2 Å². The van der Waals surface area contributed by atoms with Crippen molar-refractivity contribution in [1.82, 2.24) is 0 Å². The minimum Gasteiger partial charge on any atom is -0.481 e. The third kappa shape index (κ3) is 4.50. The van der Waals surface area contributed by atoms with Gasteiger partial charge in [-0.15, -0.1) is 0 Å². The van der Waals surface area contributed by atoms with Crippen molar-refractivity contribution in [2.45, 2.75) is 11.7 Å². The van der Waals surface area contributed by atoms with Gasteiger partial charge >= 0.3 is 11.9 Å². The Bertz CT molecular complexity index is 200. The molecule has 2 N–H and O–H groups in total. The van der Waals surface area contributed by atoms with Gasteiger partial charge in [0.2, 0.25) is 11.9 Å². The molecule has 0 saturated carbocycles. The minimum atomic E-state index is -1.53. The number of nitro groups is 1. The van der Waals surface area contributed by atoms with E-state index in [0.717, 1.165) is 0 Å². The van der Waals surface area contributed by atoms with Crippen LogP contribution >= 0.6 is 11.9 Å². The average molecular weight is 195 g/mol. The van der Waals surface area contributed by atoms with Gasteiger partial charge in [0.15, 0.2) is 5.25 Å². The minimum absolute atomic E-state index is 0.122. The maximum atomic E-state index is 10.2. The first-order valence-electron chi connectivity index (χ1n) is 2.69. The summed E-state index contributed by atoms with van der Waals surface area (Å²) >= 11 is -0.122. The first-order chi connectivity index (χ1) is 5.43. The molecule has 1 unspecified atom stereocenters. The van der Waals surface area contributed by atoms with Gasteiger partial charge in [0, 0.05) is 0 Å². The van der Waals surface area contributed by atoms with Gasteiger partial charge in [0.05, 0.1) is 6.42 Å². The Morgan fingerprint density at radius 3 is 2.25 bits per heavy atom. The number of rotatable bonds is 5. The largest absolute Gasteiger partial charge is 0.481 e. The van der Waals surface area contributed by atoms with E-state index in [9.17, 15) is 19.7 Å². The summed E-state index contributed by atoms with van der Waals surface area (Å²) in [5.41, 5.74) is 0. The molecule has 0 aliphatic heterocycles. The maximum Gasteiger partial charge on any atom is 0.323 e. The summed E-state index contributed by atoms with van der Waals surface area (Å²) in [6.45, 7) is 0. The molecular formula is C4H5NO6S. The Labute approximate surface area is 70.7 Å². The highest BCUT2D eigenvalue weighted by Crippen LogP contribution is 2.14. The second kappa shape index (κ2) is 4.54. The Hall–Kier alpha value is -1.31. The van der Waals surface area contributed by atoms with Gasteiger partial charge in [-0.1, -0.05) is 0 Å². The molecule has 0 saturated heterocycles. The lowest BCUT2D eigenvalue weighted by Gasteiger charge is -1.99. The van der Waals surface area contributed by atoms with E-state index in [-0.39, 0.29) is 11.9 Å². The standard InChI is InChI=1S/C4H5NO6S/c6-3(7)1-2(4(8)9)12-5(10)11/h2H,1H2,(H,6,7)(H,8,9). The molecule has 0 radical (unpaired) electrons. The number of carbonyl (C=O) groups is 2. The van der Waals surface area contributed by atoms with Gasteiger partial charge in [0.25, 0.3) is 0 Å². The van der Waals surface area contributed by atoms with Crippen LogP contribution in [-0.2, 0) is 9.59 Å². The molecule has 68 valence electrons. The van der Waals surface area contributed by atoms with Crippen molar-refractivity contribution in [2.75, 3.05) is 0 Å². The highest BCUT2D eigenvalue weighted by atomic mass is 32.2. The Morgan fingerprint density at radius 2 is 2.00 bits per heavy atom. The summed E-state index contributed by atoms with van der Waals surface area (Å²) in [7, 11) is 0. The number of hydrogen-bond acceptors (Lipinski definition) is 5. The fraction of sp³-hybridized carbons (Fsp3) is 0.500. The molecule has 0 heterocycles. The van der Waals surface area contributed by atoms with Gasteiger partial charge in [-0.05, 0) is 0 Å². The predicted molar refractivity (Wildman–Crippen MR) is 38.3 cm³/mol. The highest BCUT2D eigenvalue weighted by Gasteiger charge is 2.28. The fourth-order valence-electron chi connectivity index (χ4n) is 0.432. The van der Waals surface area contributed by atoms with E-state index in [1.54, 1.807) is 0 Å². The van der Waals surface area contributed by atoms with Crippen molar-refractivity contribution in [3.05, 3.63) is 10.1 Å². The molecular weight excluding hydrogens is 190 g/mol. The van der Waals surface area contributed by atoms with Crippen LogP contribution in [0.15, 0.2) is 0 Å². The van der Waals surface area contributed by atoms with E-state index >= 15 is 0 Å². The van der Waals surface area contributed by atoms with Crippen LogP contribution in [0, 0.1) is 10.1 Å². The molecule has 12 heavy (non-hydrogen) atoms. The van der Waals surface area contributed by atoms with E-state index in [2.05, 4.69) is 0 Å². The van der Waals surface area contributed by atoms with Crippen LogP contribution in [0.2, 0.25) is 0 Å². The van der Waals surface area contributed by atoms with Crippen LogP contribution in [0.25, 0.3) is 0 Å². The molecule has 0 aliphatic carbocycles. The second-order valence-electron chi connectivity index (χ2n) is 1.75. The van der Waals surface area contributed by atoms with E-state index < -0.39 is 27.9 Å². The Kier molecular flexibility index (Phi) is 4.05. The van der Waals surface area contributed by atoms with Gasteiger partial charge < -0.3 is 10.2 Å². The van der Waals surface area contributed by atoms with Crippen LogP contribution in [0.3, 0.4) is 0 Å². The van der Waals surface area contributed by atoms with Crippen LogP contribution < -0.4 is 0 Å². The number of aliphatic carboxylic acids is 2. The zero-order chi connectivity index (χ0) is 9.72. The number of carboxylic acid groups (broad SMARTS) is 2. The van der Waals surface area contributed by atoms with Gasteiger partial charge in [-0.2, -0.15) is 0 Å². The quantitative estimate of drug-likeness (QED) is 0.355. The van der Waals surface area contributed by atoms with Crippen molar-refractivity contribution < 1.29 is 24.1 Å². The normalized spacial score (nSPS) is 12.0. The molecule has 0 aliphatic rings. The van der Waals surface area contributed by atoms with Crippen molar-refractivity contribution in [2.24, 2.45) is 0 Å². The van der Waals surface area contributed by atoms with Gasteiger partial charge in [-0.25, -0.2) is 0 Å². The predicted octanol–water partition coefficient (Wildman–Crippen LogP) is -0.161. The molecule has 0 bridgehead atoms. The van der Waals surface area contributed by atoms with Gasteiger partial charge in [-0.3, -0.25) is 19.7 Å². The van der Waals surface area contributed by atoms with Crippen LogP contribution in [0.5, 0.6) is 0 Å². The van der Waals surface area contributed by atoms with Gasteiger partial charge in [0.1, 0.15) is 4.33 Å². The highest BCUT2D eigenvalue weighted by molar-refractivity contribution is 7.94. The maximum absolute atomic E-state index is 10.2. The van der Waals surface area contributed by atoms with E-state index in [1.807, 2.05) is 0 Å². The third-order valence-corrected chi connectivity index (χ3v) is 1.64. The van der Waals surface area contributed by atoms with Crippen molar-refractivity contribution in [3.8, 4) is 0 Å².